The lowest BCUT2D eigenvalue weighted by atomic mass is 10.1. The highest BCUT2D eigenvalue weighted by molar-refractivity contribution is 5.74. The van der Waals surface area contributed by atoms with Gasteiger partial charge in [0.15, 0.2) is 0 Å². The third-order valence-electron chi connectivity index (χ3n) is 4.70. The standard InChI is InChI=1S/C22H27N3O/c1-19-9-11-21(12-10-19)18-23-22(26)25-16-14-24(15-17-25)13-5-8-20-6-3-2-4-7-20/h2-12H,13-18H2,1H3,(H,23,26)/b8-5-. The van der Waals surface area contributed by atoms with Gasteiger partial charge in [-0.3, -0.25) is 4.90 Å². The van der Waals surface area contributed by atoms with Gasteiger partial charge in [-0.25, -0.2) is 4.79 Å². The Morgan fingerprint density at radius 2 is 1.69 bits per heavy atom. The molecule has 1 heterocycles. The molecule has 0 aromatic heterocycles. The summed E-state index contributed by atoms with van der Waals surface area (Å²) in [6, 6.07) is 18.6. The van der Waals surface area contributed by atoms with Crippen molar-refractivity contribution >= 4 is 12.1 Å². The van der Waals surface area contributed by atoms with Crippen molar-refractivity contribution in [1.29, 1.82) is 0 Å². The van der Waals surface area contributed by atoms with E-state index in [2.05, 4.69) is 65.7 Å². The van der Waals surface area contributed by atoms with Crippen molar-refractivity contribution in [3.8, 4) is 0 Å². The maximum atomic E-state index is 12.3. The molecule has 4 heteroatoms. The Kier molecular flexibility index (Phi) is 6.45. The van der Waals surface area contributed by atoms with Crippen molar-refractivity contribution < 1.29 is 4.79 Å². The second-order valence-electron chi connectivity index (χ2n) is 6.75. The molecule has 0 radical (unpaired) electrons. The van der Waals surface area contributed by atoms with E-state index in [0.717, 1.165) is 38.3 Å². The van der Waals surface area contributed by atoms with E-state index in [1.807, 2.05) is 23.1 Å². The molecule has 1 fully saturated rings. The molecule has 2 amide bonds. The number of benzene rings is 2. The van der Waals surface area contributed by atoms with Crippen LogP contribution in [0.1, 0.15) is 16.7 Å². The van der Waals surface area contributed by atoms with E-state index in [1.165, 1.54) is 11.1 Å². The maximum absolute atomic E-state index is 12.3. The van der Waals surface area contributed by atoms with Gasteiger partial charge in [-0.2, -0.15) is 0 Å². The number of aryl methyl sites for hydroxylation is 1. The lowest BCUT2D eigenvalue weighted by Crippen LogP contribution is -2.51. The third kappa shape index (κ3) is 5.46. The van der Waals surface area contributed by atoms with E-state index in [9.17, 15) is 4.79 Å². The zero-order chi connectivity index (χ0) is 18.2. The second-order valence-corrected chi connectivity index (χ2v) is 6.75. The van der Waals surface area contributed by atoms with Crippen LogP contribution in [0.4, 0.5) is 4.79 Å². The second kappa shape index (κ2) is 9.20. The summed E-state index contributed by atoms with van der Waals surface area (Å²) < 4.78 is 0. The van der Waals surface area contributed by atoms with Gasteiger partial charge in [0, 0.05) is 39.3 Å². The van der Waals surface area contributed by atoms with E-state index in [1.54, 1.807) is 0 Å². The predicted octanol–water partition coefficient (Wildman–Crippen LogP) is 3.54. The van der Waals surface area contributed by atoms with Gasteiger partial charge >= 0.3 is 6.03 Å². The first-order valence-electron chi connectivity index (χ1n) is 9.23. The minimum Gasteiger partial charge on any atom is -0.334 e. The number of amides is 2. The highest BCUT2D eigenvalue weighted by atomic mass is 16.2. The van der Waals surface area contributed by atoms with Crippen LogP contribution in [0.15, 0.2) is 60.7 Å². The van der Waals surface area contributed by atoms with Crippen molar-refractivity contribution in [1.82, 2.24) is 15.1 Å². The minimum absolute atomic E-state index is 0.0325. The molecule has 136 valence electrons. The lowest BCUT2D eigenvalue weighted by molar-refractivity contribution is 0.146. The Balaban J connectivity index is 1.38. The molecule has 1 aliphatic rings. The summed E-state index contributed by atoms with van der Waals surface area (Å²) in [6.45, 7) is 6.95. The van der Waals surface area contributed by atoms with Crippen LogP contribution in [0, 0.1) is 6.92 Å². The fraction of sp³-hybridized carbons (Fsp3) is 0.318. The smallest absolute Gasteiger partial charge is 0.317 e. The van der Waals surface area contributed by atoms with Gasteiger partial charge in [-0.1, -0.05) is 72.3 Å². The number of carbonyl (C=O) groups is 1. The van der Waals surface area contributed by atoms with Gasteiger partial charge in [-0.05, 0) is 18.1 Å². The van der Waals surface area contributed by atoms with E-state index >= 15 is 0 Å². The zero-order valence-electron chi connectivity index (χ0n) is 15.4. The molecule has 0 bridgehead atoms. The number of urea groups is 1. The summed E-state index contributed by atoms with van der Waals surface area (Å²) in [5, 5.41) is 3.02. The van der Waals surface area contributed by atoms with Crippen LogP contribution < -0.4 is 5.32 Å². The van der Waals surface area contributed by atoms with E-state index in [-0.39, 0.29) is 6.03 Å². The van der Waals surface area contributed by atoms with Gasteiger partial charge < -0.3 is 10.2 Å². The summed E-state index contributed by atoms with van der Waals surface area (Å²) in [4.78, 5) is 16.6. The quantitative estimate of drug-likeness (QED) is 0.896. The minimum atomic E-state index is 0.0325. The molecule has 26 heavy (non-hydrogen) atoms. The molecule has 4 nitrogen and oxygen atoms in total. The van der Waals surface area contributed by atoms with Gasteiger partial charge in [0.25, 0.3) is 0 Å². The predicted molar refractivity (Wildman–Crippen MR) is 107 cm³/mol. The molecule has 1 aliphatic heterocycles. The topological polar surface area (TPSA) is 35.6 Å². The van der Waals surface area contributed by atoms with Crippen molar-refractivity contribution in [2.24, 2.45) is 0 Å². The number of piperazine rings is 1. The average Bonchev–Trinajstić information content (AvgIpc) is 2.69. The van der Waals surface area contributed by atoms with Crippen LogP contribution in [0.25, 0.3) is 6.08 Å². The van der Waals surface area contributed by atoms with Crippen LogP contribution in [-0.4, -0.2) is 48.6 Å². The molecule has 0 spiro atoms. The average molecular weight is 349 g/mol. The van der Waals surface area contributed by atoms with Crippen molar-refractivity contribution in [2.45, 2.75) is 13.5 Å². The Morgan fingerprint density at radius 3 is 2.38 bits per heavy atom. The van der Waals surface area contributed by atoms with Crippen molar-refractivity contribution in [3.63, 3.8) is 0 Å². The highest BCUT2D eigenvalue weighted by Gasteiger charge is 2.19. The summed E-state index contributed by atoms with van der Waals surface area (Å²) in [7, 11) is 0. The molecule has 2 aromatic rings. The Morgan fingerprint density at radius 1 is 1.00 bits per heavy atom. The summed E-state index contributed by atoms with van der Waals surface area (Å²) in [5.41, 5.74) is 3.59. The largest absolute Gasteiger partial charge is 0.334 e. The molecule has 0 atom stereocenters. The molecule has 0 aliphatic carbocycles. The molecule has 0 unspecified atom stereocenters. The number of rotatable bonds is 5. The normalized spacial score (nSPS) is 15.3. The molecular formula is C22H27N3O. The first-order valence-corrected chi connectivity index (χ1v) is 9.23. The van der Waals surface area contributed by atoms with E-state index < -0.39 is 0 Å². The monoisotopic (exact) mass is 349 g/mol. The van der Waals surface area contributed by atoms with Crippen LogP contribution in [0.2, 0.25) is 0 Å². The molecule has 0 saturated carbocycles. The molecule has 3 rings (SSSR count). The Hall–Kier alpha value is -2.59. The van der Waals surface area contributed by atoms with Crippen LogP contribution in [0.3, 0.4) is 0 Å². The van der Waals surface area contributed by atoms with Gasteiger partial charge in [-0.15, -0.1) is 0 Å². The van der Waals surface area contributed by atoms with Gasteiger partial charge in [0.1, 0.15) is 0 Å². The fourth-order valence-electron chi connectivity index (χ4n) is 3.03. The number of carbonyl (C=O) groups excluding carboxylic acids is 1. The summed E-state index contributed by atoms with van der Waals surface area (Å²) >= 11 is 0. The molecule has 1 N–H and O–H groups in total. The number of hydrogen-bond donors (Lipinski definition) is 1. The molecule has 2 aromatic carbocycles. The SMILES string of the molecule is Cc1ccc(CNC(=O)N2CCN(C/C=C\c3ccccc3)CC2)cc1. The van der Waals surface area contributed by atoms with Crippen molar-refractivity contribution in [3.05, 3.63) is 77.4 Å². The van der Waals surface area contributed by atoms with Crippen molar-refractivity contribution in [2.75, 3.05) is 32.7 Å². The first-order chi connectivity index (χ1) is 12.7. The zero-order valence-corrected chi connectivity index (χ0v) is 15.4. The van der Waals surface area contributed by atoms with E-state index in [4.69, 9.17) is 0 Å². The Labute approximate surface area is 156 Å². The maximum Gasteiger partial charge on any atom is 0.317 e. The first kappa shape index (κ1) is 18.2. The summed E-state index contributed by atoms with van der Waals surface area (Å²) in [5.74, 6) is 0. The number of nitrogens with one attached hydrogen (secondary N) is 1. The fourth-order valence-corrected chi connectivity index (χ4v) is 3.03. The molecular weight excluding hydrogens is 322 g/mol. The Bertz CT molecular complexity index is 717. The van der Waals surface area contributed by atoms with E-state index in [0.29, 0.717) is 6.54 Å². The summed E-state index contributed by atoms with van der Waals surface area (Å²) in [6.07, 6.45) is 4.35. The third-order valence-corrected chi connectivity index (χ3v) is 4.70. The number of nitrogens with zero attached hydrogens (tertiary/aromatic N) is 2. The number of hydrogen-bond acceptors (Lipinski definition) is 2. The lowest BCUT2D eigenvalue weighted by Gasteiger charge is -2.34. The highest BCUT2D eigenvalue weighted by Crippen LogP contribution is 2.06. The van der Waals surface area contributed by atoms with Gasteiger partial charge in [0.2, 0.25) is 0 Å². The molecule has 1 saturated heterocycles. The van der Waals surface area contributed by atoms with Crippen LogP contribution >= 0.6 is 0 Å². The van der Waals surface area contributed by atoms with Crippen LogP contribution in [0.5, 0.6) is 0 Å². The van der Waals surface area contributed by atoms with Gasteiger partial charge in [0.05, 0.1) is 0 Å². The van der Waals surface area contributed by atoms with Crippen LogP contribution in [-0.2, 0) is 6.54 Å².